The molecule has 1 aliphatic heterocycles. The van der Waals surface area contributed by atoms with Crippen LogP contribution in [0, 0.1) is 12.7 Å². The molecule has 0 N–H and O–H groups in total. The standard InChI is InChI=1S/C19H24FN3O/c1-15-17(4-3-7-21-15)14-23-10-8-22(9-11-23)13-16-5-6-19(24-2)18(20)12-16/h3-7,12H,8-11,13-14H2,1-2H3. The van der Waals surface area contributed by atoms with E-state index in [0.717, 1.165) is 50.5 Å². The minimum atomic E-state index is -0.291. The molecule has 0 bridgehead atoms. The van der Waals surface area contributed by atoms with Crippen molar-refractivity contribution in [1.29, 1.82) is 0 Å². The van der Waals surface area contributed by atoms with Gasteiger partial charge in [-0.2, -0.15) is 0 Å². The molecule has 5 heteroatoms. The molecule has 2 heterocycles. The summed E-state index contributed by atoms with van der Waals surface area (Å²) in [6, 6.07) is 9.36. The van der Waals surface area contributed by atoms with Gasteiger partial charge in [-0.1, -0.05) is 12.1 Å². The van der Waals surface area contributed by atoms with Gasteiger partial charge in [-0.3, -0.25) is 14.8 Å². The number of pyridine rings is 1. The Morgan fingerprint density at radius 3 is 2.42 bits per heavy atom. The number of rotatable bonds is 5. The smallest absolute Gasteiger partial charge is 0.165 e. The van der Waals surface area contributed by atoms with Gasteiger partial charge < -0.3 is 4.74 Å². The van der Waals surface area contributed by atoms with E-state index in [1.165, 1.54) is 12.7 Å². The average molecular weight is 329 g/mol. The van der Waals surface area contributed by atoms with E-state index in [2.05, 4.69) is 27.8 Å². The summed E-state index contributed by atoms with van der Waals surface area (Å²) in [5.41, 5.74) is 3.39. The van der Waals surface area contributed by atoms with E-state index in [4.69, 9.17) is 4.74 Å². The van der Waals surface area contributed by atoms with E-state index in [-0.39, 0.29) is 5.82 Å². The van der Waals surface area contributed by atoms with Crippen LogP contribution < -0.4 is 4.74 Å². The Kier molecular flexibility index (Phi) is 5.43. The molecule has 2 aromatic rings. The molecule has 1 aromatic carbocycles. The van der Waals surface area contributed by atoms with Crippen LogP contribution in [0.1, 0.15) is 16.8 Å². The molecule has 128 valence electrons. The number of aryl methyl sites for hydroxylation is 1. The third kappa shape index (κ3) is 4.10. The summed E-state index contributed by atoms with van der Waals surface area (Å²) >= 11 is 0. The Morgan fingerprint density at radius 2 is 1.79 bits per heavy atom. The zero-order valence-corrected chi connectivity index (χ0v) is 14.3. The lowest BCUT2D eigenvalue weighted by Gasteiger charge is -2.35. The molecular formula is C19H24FN3O. The fourth-order valence-corrected chi connectivity index (χ4v) is 3.10. The third-order valence-electron chi connectivity index (χ3n) is 4.60. The summed E-state index contributed by atoms with van der Waals surface area (Å²) in [6.07, 6.45) is 1.84. The summed E-state index contributed by atoms with van der Waals surface area (Å²) < 4.78 is 18.8. The number of aromatic nitrogens is 1. The van der Waals surface area contributed by atoms with Gasteiger partial charge in [0.25, 0.3) is 0 Å². The van der Waals surface area contributed by atoms with E-state index in [1.807, 2.05) is 18.3 Å². The monoisotopic (exact) mass is 329 g/mol. The fraction of sp³-hybridized carbons (Fsp3) is 0.421. The van der Waals surface area contributed by atoms with E-state index in [1.54, 1.807) is 12.1 Å². The van der Waals surface area contributed by atoms with Gasteiger partial charge >= 0.3 is 0 Å². The average Bonchev–Trinajstić information content (AvgIpc) is 2.59. The van der Waals surface area contributed by atoms with Crippen molar-refractivity contribution in [2.75, 3.05) is 33.3 Å². The molecule has 0 radical (unpaired) electrons. The first-order chi connectivity index (χ1) is 11.7. The zero-order valence-electron chi connectivity index (χ0n) is 14.3. The molecular weight excluding hydrogens is 305 g/mol. The van der Waals surface area contributed by atoms with Crippen LogP contribution in [-0.2, 0) is 13.1 Å². The van der Waals surface area contributed by atoms with E-state index >= 15 is 0 Å². The normalized spacial score (nSPS) is 16.3. The van der Waals surface area contributed by atoms with Gasteiger partial charge in [-0.05, 0) is 36.2 Å². The Hall–Kier alpha value is -1.98. The number of methoxy groups -OCH3 is 1. The number of hydrogen-bond acceptors (Lipinski definition) is 4. The van der Waals surface area contributed by atoms with Gasteiger partial charge in [0, 0.05) is 51.2 Å². The second kappa shape index (κ2) is 7.73. The highest BCUT2D eigenvalue weighted by atomic mass is 19.1. The summed E-state index contributed by atoms with van der Waals surface area (Å²) in [7, 11) is 1.49. The zero-order chi connectivity index (χ0) is 16.9. The number of hydrogen-bond donors (Lipinski definition) is 0. The Labute approximate surface area is 142 Å². The number of halogens is 1. The highest BCUT2D eigenvalue weighted by Gasteiger charge is 2.18. The maximum atomic E-state index is 13.8. The summed E-state index contributed by atoms with van der Waals surface area (Å²) in [5.74, 6) is 0.0103. The Bertz CT molecular complexity index is 684. The van der Waals surface area contributed by atoms with Crippen molar-refractivity contribution < 1.29 is 9.13 Å². The molecule has 4 nitrogen and oxygen atoms in total. The number of benzene rings is 1. The van der Waals surface area contributed by atoms with Crippen LogP contribution in [0.4, 0.5) is 4.39 Å². The second-order valence-corrected chi connectivity index (χ2v) is 6.27. The number of ether oxygens (including phenoxy) is 1. The van der Waals surface area contributed by atoms with Gasteiger partial charge in [0.2, 0.25) is 0 Å². The molecule has 0 unspecified atom stereocenters. The summed E-state index contributed by atoms with van der Waals surface area (Å²) in [6.45, 7) is 7.81. The largest absolute Gasteiger partial charge is 0.494 e. The topological polar surface area (TPSA) is 28.6 Å². The molecule has 0 spiro atoms. The highest BCUT2D eigenvalue weighted by molar-refractivity contribution is 5.29. The van der Waals surface area contributed by atoms with Gasteiger partial charge in [0.15, 0.2) is 11.6 Å². The van der Waals surface area contributed by atoms with Crippen LogP contribution >= 0.6 is 0 Å². The lowest BCUT2D eigenvalue weighted by Crippen LogP contribution is -2.45. The lowest BCUT2D eigenvalue weighted by molar-refractivity contribution is 0.121. The maximum Gasteiger partial charge on any atom is 0.165 e. The number of nitrogens with zero attached hydrogens (tertiary/aromatic N) is 3. The highest BCUT2D eigenvalue weighted by Crippen LogP contribution is 2.19. The van der Waals surface area contributed by atoms with Crippen molar-refractivity contribution in [1.82, 2.24) is 14.8 Å². The lowest BCUT2D eigenvalue weighted by atomic mass is 10.1. The fourth-order valence-electron chi connectivity index (χ4n) is 3.10. The van der Waals surface area contributed by atoms with Gasteiger partial charge in [-0.25, -0.2) is 4.39 Å². The van der Waals surface area contributed by atoms with Crippen LogP contribution in [0.25, 0.3) is 0 Å². The number of piperazine rings is 1. The molecule has 0 saturated carbocycles. The molecule has 0 atom stereocenters. The second-order valence-electron chi connectivity index (χ2n) is 6.27. The molecule has 1 saturated heterocycles. The van der Waals surface area contributed by atoms with Crippen molar-refractivity contribution in [3.8, 4) is 5.75 Å². The van der Waals surface area contributed by atoms with Crippen molar-refractivity contribution in [2.24, 2.45) is 0 Å². The molecule has 1 aliphatic rings. The minimum absolute atomic E-state index is 0.291. The van der Waals surface area contributed by atoms with Crippen LogP contribution in [0.15, 0.2) is 36.5 Å². The molecule has 1 fully saturated rings. The van der Waals surface area contributed by atoms with Crippen LogP contribution in [0.2, 0.25) is 0 Å². The maximum absolute atomic E-state index is 13.8. The van der Waals surface area contributed by atoms with Crippen molar-refractivity contribution in [3.63, 3.8) is 0 Å². The third-order valence-corrected chi connectivity index (χ3v) is 4.60. The van der Waals surface area contributed by atoms with Crippen molar-refractivity contribution in [3.05, 3.63) is 59.2 Å². The first-order valence-electron chi connectivity index (χ1n) is 8.33. The van der Waals surface area contributed by atoms with Crippen molar-refractivity contribution >= 4 is 0 Å². The SMILES string of the molecule is COc1ccc(CN2CCN(Cc3cccnc3C)CC2)cc1F. The van der Waals surface area contributed by atoms with Gasteiger partial charge in [-0.15, -0.1) is 0 Å². The Morgan fingerprint density at radius 1 is 1.08 bits per heavy atom. The minimum Gasteiger partial charge on any atom is -0.494 e. The van der Waals surface area contributed by atoms with Crippen LogP contribution in [0.5, 0.6) is 5.75 Å². The van der Waals surface area contributed by atoms with E-state index in [9.17, 15) is 4.39 Å². The summed E-state index contributed by atoms with van der Waals surface area (Å²) in [4.78, 5) is 9.18. The Balaban J connectivity index is 1.52. The first kappa shape index (κ1) is 16.9. The van der Waals surface area contributed by atoms with Gasteiger partial charge in [0.1, 0.15) is 0 Å². The predicted octanol–water partition coefficient (Wildman–Crippen LogP) is 2.86. The van der Waals surface area contributed by atoms with Crippen LogP contribution in [-0.4, -0.2) is 48.1 Å². The predicted molar refractivity (Wildman–Crippen MR) is 92.5 cm³/mol. The molecule has 0 aliphatic carbocycles. The quantitative estimate of drug-likeness (QED) is 0.843. The molecule has 1 aromatic heterocycles. The molecule has 0 amide bonds. The first-order valence-corrected chi connectivity index (χ1v) is 8.33. The summed E-state index contributed by atoms with van der Waals surface area (Å²) in [5, 5.41) is 0. The van der Waals surface area contributed by atoms with Crippen LogP contribution in [0.3, 0.4) is 0 Å². The van der Waals surface area contributed by atoms with E-state index in [0.29, 0.717) is 5.75 Å². The van der Waals surface area contributed by atoms with Crippen molar-refractivity contribution in [2.45, 2.75) is 20.0 Å². The molecule has 24 heavy (non-hydrogen) atoms. The van der Waals surface area contributed by atoms with Gasteiger partial charge in [0.05, 0.1) is 7.11 Å². The molecule has 3 rings (SSSR count). The van der Waals surface area contributed by atoms with E-state index < -0.39 is 0 Å².